The van der Waals surface area contributed by atoms with Crippen LogP contribution in [0.1, 0.15) is 31.7 Å². The number of rotatable bonds is 9. The van der Waals surface area contributed by atoms with E-state index in [0.717, 1.165) is 71.2 Å². The van der Waals surface area contributed by atoms with Crippen LogP contribution in [0.4, 0.5) is 0 Å². The van der Waals surface area contributed by atoms with Crippen molar-refractivity contribution in [1.82, 2.24) is 20.0 Å². The Morgan fingerprint density at radius 3 is 2.73 bits per heavy atom. The summed E-state index contributed by atoms with van der Waals surface area (Å²) in [6.45, 7) is 10.1. The summed E-state index contributed by atoms with van der Waals surface area (Å²) in [5, 5.41) is 7.72. The summed E-state index contributed by atoms with van der Waals surface area (Å²) in [7, 11) is 1.73. The van der Waals surface area contributed by atoms with E-state index in [2.05, 4.69) is 35.4 Å². The lowest BCUT2D eigenvalue weighted by molar-refractivity contribution is 0.00990. The third-order valence-electron chi connectivity index (χ3n) is 4.28. The van der Waals surface area contributed by atoms with Gasteiger partial charge < -0.3 is 19.7 Å². The molecule has 2 heterocycles. The van der Waals surface area contributed by atoms with Gasteiger partial charge in [0, 0.05) is 46.2 Å². The molecule has 1 N–H and O–H groups in total. The van der Waals surface area contributed by atoms with E-state index < -0.39 is 0 Å². The first-order valence-electron chi connectivity index (χ1n) is 9.35. The van der Waals surface area contributed by atoms with Crippen molar-refractivity contribution in [3.63, 3.8) is 0 Å². The Morgan fingerprint density at radius 2 is 2.12 bits per heavy atom. The number of methoxy groups -OCH3 is 1. The van der Waals surface area contributed by atoms with Gasteiger partial charge in [0.1, 0.15) is 0 Å². The molecule has 0 spiro atoms. The third kappa shape index (κ3) is 8.22. The van der Waals surface area contributed by atoms with Gasteiger partial charge >= 0.3 is 0 Å². The molecule has 1 aliphatic heterocycles. The smallest absolute Gasteiger partial charge is 0.193 e. The fourth-order valence-corrected chi connectivity index (χ4v) is 2.96. The number of aryl methyl sites for hydroxylation is 1. The zero-order chi connectivity index (χ0) is 17.9. The van der Waals surface area contributed by atoms with Crippen molar-refractivity contribution in [1.29, 1.82) is 0 Å². The monoisotopic (exact) mass is 479 g/mol. The number of ether oxygens (including phenoxy) is 2. The number of piperidine rings is 1. The lowest BCUT2D eigenvalue weighted by atomic mass is 10.1. The van der Waals surface area contributed by atoms with E-state index in [9.17, 15) is 0 Å². The molecule has 0 saturated carbocycles. The summed E-state index contributed by atoms with van der Waals surface area (Å²) in [4.78, 5) is 7.11. The SMILES string of the molecule is CCNC(=NCCn1cc(C)cn1)N1CCC(OCCCOC)CC1.I. The van der Waals surface area contributed by atoms with Crippen molar-refractivity contribution >= 4 is 29.9 Å². The Balaban J connectivity index is 0.00000338. The van der Waals surface area contributed by atoms with Crippen LogP contribution in [0, 0.1) is 6.92 Å². The zero-order valence-corrected chi connectivity index (χ0v) is 18.6. The first kappa shape index (κ1) is 23.2. The van der Waals surface area contributed by atoms with Gasteiger partial charge in [0.25, 0.3) is 0 Å². The third-order valence-corrected chi connectivity index (χ3v) is 4.28. The first-order chi connectivity index (χ1) is 12.2. The van der Waals surface area contributed by atoms with E-state index in [4.69, 9.17) is 14.5 Å². The van der Waals surface area contributed by atoms with Gasteiger partial charge in [0.2, 0.25) is 0 Å². The van der Waals surface area contributed by atoms with Crippen molar-refractivity contribution in [2.75, 3.05) is 46.5 Å². The van der Waals surface area contributed by atoms with Crippen LogP contribution in [0.5, 0.6) is 0 Å². The molecule has 1 saturated heterocycles. The summed E-state index contributed by atoms with van der Waals surface area (Å²) in [5.41, 5.74) is 1.18. The molecule has 150 valence electrons. The highest BCUT2D eigenvalue weighted by atomic mass is 127. The summed E-state index contributed by atoms with van der Waals surface area (Å²) < 4.78 is 12.9. The summed E-state index contributed by atoms with van der Waals surface area (Å²) >= 11 is 0. The average Bonchev–Trinajstić information content (AvgIpc) is 3.04. The molecular formula is C18H34IN5O2. The molecule has 26 heavy (non-hydrogen) atoms. The van der Waals surface area contributed by atoms with Crippen molar-refractivity contribution in [2.24, 2.45) is 4.99 Å². The minimum absolute atomic E-state index is 0. The van der Waals surface area contributed by atoms with Crippen molar-refractivity contribution < 1.29 is 9.47 Å². The standard InChI is InChI=1S/C18H33N5O2.HI/c1-4-19-18(20-8-11-23-15-16(2)14-21-23)22-9-6-17(7-10-22)25-13-5-12-24-3;/h14-15,17H,4-13H2,1-3H3,(H,19,20);1H. The fraction of sp³-hybridized carbons (Fsp3) is 0.778. The molecule has 1 fully saturated rings. The van der Waals surface area contributed by atoms with Crippen LogP contribution in [-0.2, 0) is 16.0 Å². The number of nitrogens with one attached hydrogen (secondary N) is 1. The van der Waals surface area contributed by atoms with Crippen molar-refractivity contribution in [3.05, 3.63) is 18.0 Å². The van der Waals surface area contributed by atoms with Crippen LogP contribution in [-0.4, -0.2) is 73.2 Å². The number of halogens is 1. The van der Waals surface area contributed by atoms with Crippen LogP contribution >= 0.6 is 24.0 Å². The molecule has 0 atom stereocenters. The van der Waals surface area contributed by atoms with Gasteiger partial charge in [0.15, 0.2) is 5.96 Å². The molecule has 1 aromatic heterocycles. The Labute approximate surface area is 174 Å². The van der Waals surface area contributed by atoms with E-state index >= 15 is 0 Å². The van der Waals surface area contributed by atoms with Crippen LogP contribution in [0.15, 0.2) is 17.4 Å². The van der Waals surface area contributed by atoms with Crippen LogP contribution < -0.4 is 5.32 Å². The molecule has 0 aromatic carbocycles. The molecule has 0 radical (unpaired) electrons. The molecule has 7 nitrogen and oxygen atoms in total. The molecular weight excluding hydrogens is 445 g/mol. The lowest BCUT2D eigenvalue weighted by Gasteiger charge is -2.34. The van der Waals surface area contributed by atoms with Gasteiger partial charge in [-0.1, -0.05) is 0 Å². The van der Waals surface area contributed by atoms with Gasteiger partial charge in [-0.2, -0.15) is 5.10 Å². The van der Waals surface area contributed by atoms with Crippen molar-refractivity contribution in [3.8, 4) is 0 Å². The minimum atomic E-state index is 0. The number of likely N-dealkylation sites (tertiary alicyclic amines) is 1. The fourth-order valence-electron chi connectivity index (χ4n) is 2.96. The van der Waals surface area contributed by atoms with Gasteiger partial charge in [-0.15, -0.1) is 24.0 Å². The van der Waals surface area contributed by atoms with Crippen LogP contribution in [0.2, 0.25) is 0 Å². The summed E-state index contributed by atoms with van der Waals surface area (Å²) in [6.07, 6.45) is 7.36. The zero-order valence-electron chi connectivity index (χ0n) is 16.3. The maximum Gasteiger partial charge on any atom is 0.193 e. The predicted octanol–water partition coefficient (Wildman–Crippen LogP) is 2.29. The summed E-state index contributed by atoms with van der Waals surface area (Å²) in [6, 6.07) is 0. The minimum Gasteiger partial charge on any atom is -0.385 e. The van der Waals surface area contributed by atoms with Crippen LogP contribution in [0.25, 0.3) is 0 Å². The summed E-state index contributed by atoms with van der Waals surface area (Å²) in [5.74, 6) is 1.00. The van der Waals surface area contributed by atoms with E-state index in [1.54, 1.807) is 7.11 Å². The first-order valence-corrected chi connectivity index (χ1v) is 9.35. The molecule has 0 amide bonds. The maximum atomic E-state index is 5.94. The molecule has 1 aliphatic rings. The van der Waals surface area contributed by atoms with Gasteiger partial charge in [-0.3, -0.25) is 9.67 Å². The number of guanidine groups is 1. The highest BCUT2D eigenvalue weighted by Crippen LogP contribution is 2.14. The topological polar surface area (TPSA) is 63.9 Å². The van der Waals surface area contributed by atoms with Gasteiger partial charge in [-0.05, 0) is 38.7 Å². The van der Waals surface area contributed by atoms with E-state index in [0.29, 0.717) is 6.10 Å². The highest BCUT2D eigenvalue weighted by molar-refractivity contribution is 14.0. The molecule has 0 unspecified atom stereocenters. The number of aliphatic imine (C=N–C) groups is 1. The molecule has 1 aromatic rings. The number of hydrogen-bond donors (Lipinski definition) is 1. The number of aromatic nitrogens is 2. The molecule has 0 bridgehead atoms. The van der Waals surface area contributed by atoms with E-state index in [-0.39, 0.29) is 24.0 Å². The van der Waals surface area contributed by atoms with E-state index in [1.165, 1.54) is 5.56 Å². The quantitative estimate of drug-likeness (QED) is 0.255. The largest absolute Gasteiger partial charge is 0.385 e. The Morgan fingerprint density at radius 1 is 1.35 bits per heavy atom. The lowest BCUT2D eigenvalue weighted by Crippen LogP contribution is -2.47. The molecule has 2 rings (SSSR count). The number of hydrogen-bond acceptors (Lipinski definition) is 4. The normalized spacial score (nSPS) is 15.8. The predicted molar refractivity (Wildman–Crippen MR) is 115 cm³/mol. The Hall–Kier alpha value is -0.870. The maximum absolute atomic E-state index is 5.94. The van der Waals surface area contributed by atoms with Crippen molar-refractivity contribution in [2.45, 2.75) is 45.8 Å². The Bertz CT molecular complexity index is 515. The van der Waals surface area contributed by atoms with E-state index in [1.807, 2.05) is 10.9 Å². The Kier molecular flexibility index (Phi) is 11.9. The molecule has 0 aliphatic carbocycles. The average molecular weight is 479 g/mol. The second-order valence-electron chi connectivity index (χ2n) is 6.42. The van der Waals surface area contributed by atoms with Gasteiger partial charge in [-0.25, -0.2) is 0 Å². The second kappa shape index (κ2) is 13.3. The highest BCUT2D eigenvalue weighted by Gasteiger charge is 2.21. The van der Waals surface area contributed by atoms with Gasteiger partial charge in [0.05, 0.1) is 25.4 Å². The van der Waals surface area contributed by atoms with Crippen LogP contribution in [0.3, 0.4) is 0 Å². The molecule has 8 heteroatoms. The second-order valence-corrected chi connectivity index (χ2v) is 6.42. The number of nitrogens with zero attached hydrogens (tertiary/aromatic N) is 4.